The van der Waals surface area contributed by atoms with Gasteiger partial charge in [-0.05, 0) is 32.1 Å². The average molecular weight is 416 g/mol. The van der Waals surface area contributed by atoms with Gasteiger partial charge >= 0.3 is 5.97 Å². The maximum Gasteiger partial charge on any atom is 0.303 e. The smallest absolute Gasteiger partial charge is 0.303 e. The second kappa shape index (κ2) is 6.36. The van der Waals surface area contributed by atoms with Crippen molar-refractivity contribution in [1.29, 1.82) is 0 Å². The van der Waals surface area contributed by atoms with Crippen LogP contribution in [-0.4, -0.2) is 62.2 Å². The van der Waals surface area contributed by atoms with Crippen molar-refractivity contribution >= 4 is 11.8 Å². The van der Waals surface area contributed by atoms with Crippen molar-refractivity contribution in [3.05, 3.63) is 12.7 Å². The quantitative estimate of drug-likeness (QED) is 0.356. The highest BCUT2D eigenvalue weighted by atomic mass is 16.7. The Morgan fingerprint density at radius 3 is 2.48 bits per heavy atom. The summed E-state index contributed by atoms with van der Waals surface area (Å²) in [5, 5.41) is 34.9. The van der Waals surface area contributed by atoms with Gasteiger partial charge in [0, 0.05) is 28.7 Å². The Hall–Kier alpha value is -1.28. The largest absolute Gasteiger partial charge is 0.457 e. The highest BCUT2D eigenvalue weighted by molar-refractivity contribution is 5.92. The summed E-state index contributed by atoms with van der Waals surface area (Å²) in [6.45, 7) is 8.67. The molecule has 0 unspecified atom stereocenters. The summed E-state index contributed by atoms with van der Waals surface area (Å²) in [7, 11) is 0. The fraction of sp³-hybridized carbons (Fsp3) is 0.818. The highest BCUT2D eigenvalue weighted by Gasteiger charge is 2.81. The van der Waals surface area contributed by atoms with Gasteiger partial charge in [0.15, 0.2) is 17.5 Å². The molecule has 3 fully saturated rings. The van der Waals surface area contributed by atoms with Crippen LogP contribution in [0.2, 0.25) is 0 Å². The van der Waals surface area contributed by atoms with Gasteiger partial charge in [0.25, 0.3) is 0 Å². The number of esters is 1. The van der Waals surface area contributed by atoms with Crippen molar-refractivity contribution in [3.63, 3.8) is 0 Å². The normalized spacial score (nSPS) is 53.5. The number of hydrogen-bond acceptors (Lipinski definition) is 7. The van der Waals surface area contributed by atoms with Gasteiger partial charge in [-0.25, -0.2) is 0 Å². The third-order valence-electron chi connectivity index (χ3n) is 7.96. The fourth-order valence-corrected chi connectivity index (χ4v) is 6.60. The first-order valence-corrected chi connectivity index (χ1v) is 9.98. The minimum atomic E-state index is -3.13. The molecular weight excluding hydrogens is 378 g/mol. The maximum absolute atomic E-state index is 13.7. The molecule has 3 aliphatic rings. The van der Waals surface area contributed by atoms with Gasteiger partial charge in [0.1, 0.15) is 5.60 Å². The molecule has 3 rings (SSSR count). The topological polar surface area (TPSA) is 113 Å². The van der Waals surface area contributed by atoms with E-state index in [0.29, 0.717) is 6.42 Å². The van der Waals surface area contributed by atoms with Crippen molar-refractivity contribution in [2.24, 2.45) is 16.7 Å². The Kier molecular flexibility index (Phi) is 4.05. The van der Waals surface area contributed by atoms with E-state index in [1.54, 1.807) is 13.8 Å². The van der Waals surface area contributed by atoms with Crippen LogP contribution in [0.1, 0.15) is 64.8 Å². The van der Waals surface area contributed by atoms with Crippen LogP contribution in [0, 0.1) is 16.7 Å². The van der Waals surface area contributed by atoms with Crippen LogP contribution in [0.3, 0.4) is 0 Å². The number of carbonyl (C=O) groups excluding carboxylic acids is 2. The highest BCUT2D eigenvalue weighted by Crippen LogP contribution is 2.66. The molecule has 0 aromatic heterocycles. The molecule has 2 aliphatic carbocycles. The molecule has 1 aliphatic heterocycles. The van der Waals surface area contributed by atoms with Crippen LogP contribution in [-0.2, 0) is 19.1 Å². The second-order valence-corrected chi connectivity index (χ2v) is 10.2. The average Bonchev–Trinajstić information content (AvgIpc) is 2.64. The Morgan fingerprint density at radius 1 is 1.31 bits per heavy atom. The number of rotatable bonds is 2. The molecule has 0 amide bonds. The van der Waals surface area contributed by atoms with Gasteiger partial charge in [-0.1, -0.05) is 26.8 Å². The van der Waals surface area contributed by atoms with E-state index < -0.39 is 70.5 Å². The Balaban J connectivity index is 2.31. The predicted molar refractivity (Wildman–Crippen MR) is 105 cm³/mol. The van der Waals surface area contributed by atoms with Gasteiger partial charge in [-0.2, -0.15) is 0 Å². The Labute approximate surface area is 176 Å². The first-order valence-electron chi connectivity index (χ1n) is 11.5. The molecule has 164 valence electrons. The van der Waals surface area contributed by atoms with Gasteiger partial charge in [0.2, 0.25) is 0 Å². The van der Waals surface area contributed by atoms with Crippen molar-refractivity contribution < 1.29 is 38.5 Å². The number of ether oxygens (including phenoxy) is 2. The SMILES string of the molecule is [2H][13C]([2H])([2H])[13C](=O)O[C@H]1[C@@H](O)[C@H]2C(C)(C)CC[C@H](O)[C@]2(C)[C@@]2(O)C(=O)C[C@](C)(C=C)O[C@]12C. The lowest BCUT2D eigenvalue weighted by Crippen LogP contribution is -2.86. The van der Waals surface area contributed by atoms with Crippen molar-refractivity contribution in [1.82, 2.24) is 0 Å². The number of Topliss-reactive ketones (excluding diaryl/α,β-unsaturated/α-hetero) is 1. The molecule has 1 saturated heterocycles. The summed E-state index contributed by atoms with van der Waals surface area (Å²) >= 11 is 0. The number of aliphatic hydroxyl groups excluding tert-OH is 2. The van der Waals surface area contributed by atoms with E-state index in [1.807, 2.05) is 13.8 Å². The molecule has 0 spiro atoms. The maximum atomic E-state index is 13.7. The monoisotopic (exact) mass is 415 g/mol. The molecule has 0 bridgehead atoms. The van der Waals surface area contributed by atoms with Gasteiger partial charge in [-0.15, -0.1) is 6.58 Å². The summed E-state index contributed by atoms with van der Waals surface area (Å²) in [5.41, 5.74) is -7.98. The summed E-state index contributed by atoms with van der Waals surface area (Å²) < 4.78 is 33.7. The molecule has 29 heavy (non-hydrogen) atoms. The van der Waals surface area contributed by atoms with Gasteiger partial charge < -0.3 is 24.8 Å². The minimum Gasteiger partial charge on any atom is -0.457 e. The molecule has 2 saturated carbocycles. The summed E-state index contributed by atoms with van der Waals surface area (Å²) in [6, 6.07) is 0. The molecule has 0 radical (unpaired) electrons. The zero-order valence-electron chi connectivity index (χ0n) is 20.7. The molecule has 7 heteroatoms. The number of ketones is 1. The molecule has 1 heterocycles. The third-order valence-corrected chi connectivity index (χ3v) is 7.96. The predicted octanol–water partition coefficient (Wildman–Crippen LogP) is 1.52. The number of hydrogen-bond donors (Lipinski definition) is 3. The fourth-order valence-electron chi connectivity index (χ4n) is 6.60. The lowest BCUT2D eigenvalue weighted by molar-refractivity contribution is -0.370. The first-order chi connectivity index (χ1) is 14.3. The lowest BCUT2D eigenvalue weighted by Gasteiger charge is -2.71. The molecule has 3 N–H and O–H groups in total. The van der Waals surface area contributed by atoms with E-state index >= 15 is 0 Å². The molecule has 0 aromatic rings. The zero-order chi connectivity index (χ0) is 24.7. The molecule has 0 aromatic carbocycles. The number of carbonyl (C=O) groups is 2. The zero-order valence-corrected chi connectivity index (χ0v) is 17.7. The van der Waals surface area contributed by atoms with E-state index in [2.05, 4.69) is 6.58 Å². The number of aliphatic hydroxyl groups is 3. The second-order valence-electron chi connectivity index (χ2n) is 10.2. The first kappa shape index (κ1) is 18.5. The summed E-state index contributed by atoms with van der Waals surface area (Å²) in [5.74, 6) is -3.14. The van der Waals surface area contributed by atoms with E-state index in [9.17, 15) is 24.9 Å². The molecule has 7 nitrogen and oxygen atoms in total. The van der Waals surface area contributed by atoms with Crippen molar-refractivity contribution in [2.75, 3.05) is 0 Å². The lowest BCUT2D eigenvalue weighted by atomic mass is 9.40. The molecule has 8 atom stereocenters. The van der Waals surface area contributed by atoms with E-state index in [-0.39, 0.29) is 12.8 Å². The van der Waals surface area contributed by atoms with E-state index in [4.69, 9.17) is 13.6 Å². The van der Waals surface area contributed by atoms with Crippen LogP contribution in [0.15, 0.2) is 12.7 Å². The van der Waals surface area contributed by atoms with Crippen LogP contribution in [0.5, 0.6) is 0 Å². The van der Waals surface area contributed by atoms with Gasteiger partial charge in [-0.3, -0.25) is 9.59 Å². The van der Waals surface area contributed by atoms with E-state index in [1.165, 1.54) is 13.0 Å². The Morgan fingerprint density at radius 2 is 1.93 bits per heavy atom. The van der Waals surface area contributed by atoms with Gasteiger partial charge in [0.05, 0.1) is 17.8 Å². The Bertz CT molecular complexity index is 842. The van der Waals surface area contributed by atoms with E-state index in [0.717, 1.165) is 0 Å². The minimum absolute atomic E-state index is 0.256. The number of fused-ring (bicyclic) bond motifs is 3. The van der Waals surface area contributed by atoms with Crippen LogP contribution in [0.25, 0.3) is 0 Å². The third kappa shape index (κ3) is 2.63. The van der Waals surface area contributed by atoms with Crippen molar-refractivity contribution in [3.8, 4) is 0 Å². The standard InChI is InChI=1S/C22H34O7/c1-8-19(5)11-14(25)22(27)20(6)13(24)9-10-18(3,4)16(20)15(26)17(28-12(2)23)21(22,7)29-19/h8,13,15-17,24,26-27H,1,9-11H2,2-7H3/t13-,15-,16-,17-,19-,20-,21+,22-/m0/s1/i2+1D3,12+1. The van der Waals surface area contributed by atoms with Crippen molar-refractivity contribution in [2.45, 2.75) is 95.8 Å². The summed E-state index contributed by atoms with van der Waals surface area (Å²) in [4.78, 5) is 26.0. The van der Waals surface area contributed by atoms with Crippen LogP contribution >= 0.6 is 0 Å². The molecular formula is C22H34O7. The van der Waals surface area contributed by atoms with Crippen LogP contribution < -0.4 is 0 Å². The summed E-state index contributed by atoms with van der Waals surface area (Å²) in [6.07, 6.45) is -2.52. The van der Waals surface area contributed by atoms with Crippen LogP contribution in [0.4, 0.5) is 0 Å².